The molecule has 146 valence electrons. The van der Waals surface area contributed by atoms with Gasteiger partial charge >= 0.3 is 0 Å². The number of allylic oxidation sites excluding steroid dienone is 1. The lowest BCUT2D eigenvalue weighted by molar-refractivity contribution is 0.179. The van der Waals surface area contributed by atoms with E-state index in [1.54, 1.807) is 41.5 Å². The molecule has 1 saturated heterocycles. The summed E-state index contributed by atoms with van der Waals surface area (Å²) in [6.45, 7) is 4.09. The molecule has 2 bridgehead atoms. The molecule has 2 aromatic heterocycles. The number of hydrogen-bond donors (Lipinski definition) is 2. The summed E-state index contributed by atoms with van der Waals surface area (Å²) >= 11 is 0. The molecule has 1 aromatic carbocycles. The minimum atomic E-state index is -1.03. The van der Waals surface area contributed by atoms with Gasteiger partial charge in [-0.15, -0.1) is 15.3 Å². The third-order valence-corrected chi connectivity index (χ3v) is 5.61. The lowest BCUT2D eigenvalue weighted by atomic mass is 9.83. The maximum atomic E-state index is 14.8. The van der Waals surface area contributed by atoms with E-state index in [-0.39, 0.29) is 23.8 Å². The van der Waals surface area contributed by atoms with Crippen molar-refractivity contribution in [1.82, 2.24) is 30.3 Å². The predicted octanol–water partition coefficient (Wildman–Crippen LogP) is 2.70. The lowest BCUT2D eigenvalue weighted by Gasteiger charge is -2.33. The van der Waals surface area contributed by atoms with Crippen LogP contribution in [0.4, 0.5) is 4.39 Å². The number of halogens is 1. The number of piperidine rings is 1. The zero-order chi connectivity index (χ0) is 20.0. The molecule has 2 N–H and O–H groups in total. The van der Waals surface area contributed by atoms with Gasteiger partial charge in [0.15, 0.2) is 0 Å². The monoisotopic (exact) mass is 390 g/mol. The van der Waals surface area contributed by atoms with Gasteiger partial charge in [0.2, 0.25) is 0 Å². The molecule has 8 heteroatoms. The second-order valence-corrected chi connectivity index (χ2v) is 7.37. The molecule has 2 aliphatic heterocycles. The number of hydrogen-bond acceptors (Lipinski definition) is 6. The topological polar surface area (TPSA) is 88.8 Å². The first kappa shape index (κ1) is 17.7. The van der Waals surface area contributed by atoms with E-state index < -0.39 is 6.17 Å². The summed E-state index contributed by atoms with van der Waals surface area (Å²) in [5.74, 6) is -0.222. The highest BCUT2D eigenvalue weighted by Gasteiger charge is 2.40. The Kier molecular flexibility index (Phi) is 4.21. The molecule has 0 amide bonds. The number of rotatable bonds is 4. The Morgan fingerprint density at radius 3 is 2.69 bits per heavy atom. The second kappa shape index (κ2) is 6.89. The largest absolute Gasteiger partial charge is 0.507 e. The first-order chi connectivity index (χ1) is 14.1. The van der Waals surface area contributed by atoms with Crippen molar-refractivity contribution in [3.63, 3.8) is 0 Å². The van der Waals surface area contributed by atoms with Gasteiger partial charge in [-0.25, -0.2) is 4.39 Å². The predicted molar refractivity (Wildman–Crippen MR) is 106 cm³/mol. The van der Waals surface area contributed by atoms with Crippen LogP contribution >= 0.6 is 0 Å². The third kappa shape index (κ3) is 3.11. The van der Waals surface area contributed by atoms with Crippen LogP contribution in [0.1, 0.15) is 12.1 Å². The number of benzene rings is 1. The molecule has 1 fully saturated rings. The van der Waals surface area contributed by atoms with Crippen molar-refractivity contribution in [3.05, 3.63) is 67.4 Å². The average molecular weight is 390 g/mol. The van der Waals surface area contributed by atoms with E-state index >= 15 is 0 Å². The van der Waals surface area contributed by atoms with E-state index in [9.17, 15) is 9.50 Å². The van der Waals surface area contributed by atoms with E-state index in [1.165, 1.54) is 0 Å². The van der Waals surface area contributed by atoms with E-state index in [2.05, 4.69) is 32.3 Å². The molecule has 0 spiro atoms. The molecule has 4 heterocycles. The van der Waals surface area contributed by atoms with Crippen molar-refractivity contribution in [3.8, 4) is 22.7 Å². The van der Waals surface area contributed by atoms with Crippen molar-refractivity contribution >= 4 is 5.57 Å². The highest BCUT2D eigenvalue weighted by atomic mass is 19.1. The smallest absolute Gasteiger partial charge is 0.127 e. The summed E-state index contributed by atoms with van der Waals surface area (Å²) in [6.07, 6.45) is 6.63. The molecule has 2 aliphatic rings. The summed E-state index contributed by atoms with van der Waals surface area (Å²) in [4.78, 5) is 0. The summed E-state index contributed by atoms with van der Waals surface area (Å²) in [5.41, 5.74) is 3.04. The fraction of sp³-hybridized carbons (Fsp3) is 0.238. The Balaban J connectivity index is 1.37. The van der Waals surface area contributed by atoms with Gasteiger partial charge in [-0.1, -0.05) is 18.7 Å². The molecule has 29 heavy (non-hydrogen) atoms. The van der Waals surface area contributed by atoms with Crippen LogP contribution in [0.2, 0.25) is 0 Å². The quantitative estimate of drug-likeness (QED) is 0.666. The van der Waals surface area contributed by atoms with Gasteiger partial charge in [0, 0.05) is 23.6 Å². The zero-order valence-corrected chi connectivity index (χ0v) is 15.5. The first-order valence-corrected chi connectivity index (χ1v) is 9.40. The Morgan fingerprint density at radius 1 is 1.14 bits per heavy atom. The number of fused-ring (bicyclic) bond motifs is 2. The maximum Gasteiger partial charge on any atom is 0.127 e. The molecule has 5 rings (SSSR count). The maximum absolute atomic E-state index is 14.8. The highest BCUT2D eigenvalue weighted by molar-refractivity contribution is 5.70. The fourth-order valence-electron chi connectivity index (χ4n) is 4.01. The Labute approximate surface area is 166 Å². The normalized spacial score (nSPS) is 25.3. The Hall–Kier alpha value is -3.39. The van der Waals surface area contributed by atoms with Crippen molar-refractivity contribution < 1.29 is 9.50 Å². The van der Waals surface area contributed by atoms with Gasteiger partial charge < -0.3 is 10.4 Å². The van der Waals surface area contributed by atoms with Crippen molar-refractivity contribution in [2.75, 3.05) is 0 Å². The minimum absolute atomic E-state index is 0.0712. The summed E-state index contributed by atoms with van der Waals surface area (Å²) in [5, 5.41) is 29.7. The standard InChI is InChI=1S/C21H19FN6O/c1-12(16-8-13-2-5-19(25-13)21(16)22)17-6-7-18(27-26-17)15-4-3-14(9-20(15)29)28-10-23-24-11-28/h2-7,9-11,13,16,19,21,25,29H,1,8H2/t13?,16-,19?,21+/m1/s1. The molecular weight excluding hydrogens is 371 g/mol. The number of nitrogens with zero attached hydrogens (tertiary/aromatic N) is 5. The summed E-state index contributed by atoms with van der Waals surface area (Å²) in [6, 6.07) is 8.67. The van der Waals surface area contributed by atoms with Crippen molar-refractivity contribution in [2.24, 2.45) is 5.92 Å². The summed E-state index contributed by atoms with van der Waals surface area (Å²) in [7, 11) is 0. The van der Waals surface area contributed by atoms with Crippen LogP contribution in [0.5, 0.6) is 5.75 Å². The van der Waals surface area contributed by atoms with Crippen LogP contribution in [0.15, 0.2) is 61.7 Å². The third-order valence-electron chi connectivity index (χ3n) is 5.61. The van der Waals surface area contributed by atoms with Crippen LogP contribution < -0.4 is 5.32 Å². The molecule has 7 nitrogen and oxygen atoms in total. The fourth-order valence-corrected chi connectivity index (χ4v) is 4.01. The molecule has 0 saturated carbocycles. The second-order valence-electron chi connectivity index (χ2n) is 7.37. The van der Waals surface area contributed by atoms with Crippen molar-refractivity contribution in [1.29, 1.82) is 0 Å². The van der Waals surface area contributed by atoms with E-state index in [1.807, 2.05) is 18.2 Å². The van der Waals surface area contributed by atoms with E-state index in [4.69, 9.17) is 0 Å². The van der Waals surface area contributed by atoms with Gasteiger partial charge in [-0.3, -0.25) is 4.57 Å². The molecule has 3 aromatic rings. The number of alkyl halides is 1. The van der Waals surface area contributed by atoms with Crippen LogP contribution in [0, 0.1) is 5.92 Å². The molecular formula is C21H19FN6O. The zero-order valence-electron chi connectivity index (χ0n) is 15.5. The van der Waals surface area contributed by atoms with Gasteiger partial charge in [0.1, 0.15) is 24.6 Å². The number of phenols is 1. The molecule has 4 atom stereocenters. The van der Waals surface area contributed by atoms with E-state index in [0.717, 1.165) is 5.69 Å². The van der Waals surface area contributed by atoms with Crippen molar-refractivity contribution in [2.45, 2.75) is 24.7 Å². The SMILES string of the molecule is C=C(c1ccc(-c2ccc(-n3cnnc3)cc2O)nn1)[C@H]1CC2C=CC(N2)[C@H]1F. The Bertz CT molecular complexity index is 1080. The highest BCUT2D eigenvalue weighted by Crippen LogP contribution is 2.37. The van der Waals surface area contributed by atoms with Gasteiger partial charge in [0.05, 0.1) is 23.1 Å². The van der Waals surface area contributed by atoms with Crippen LogP contribution in [0.3, 0.4) is 0 Å². The first-order valence-electron chi connectivity index (χ1n) is 9.40. The van der Waals surface area contributed by atoms with Crippen LogP contribution in [-0.4, -0.2) is 48.3 Å². The average Bonchev–Trinajstić information content (AvgIpc) is 3.41. The Morgan fingerprint density at radius 2 is 1.97 bits per heavy atom. The molecule has 0 aliphatic carbocycles. The molecule has 0 radical (unpaired) electrons. The molecule has 2 unspecified atom stereocenters. The van der Waals surface area contributed by atoms with Crippen LogP contribution in [0.25, 0.3) is 22.5 Å². The van der Waals surface area contributed by atoms with E-state index in [0.29, 0.717) is 28.9 Å². The lowest BCUT2D eigenvalue weighted by Crippen LogP contribution is -2.47. The minimum Gasteiger partial charge on any atom is -0.507 e. The van der Waals surface area contributed by atoms with Gasteiger partial charge in [-0.05, 0) is 36.3 Å². The summed E-state index contributed by atoms with van der Waals surface area (Å²) < 4.78 is 16.5. The van der Waals surface area contributed by atoms with Gasteiger partial charge in [-0.2, -0.15) is 5.10 Å². The number of aromatic nitrogens is 5. The number of nitrogens with one attached hydrogen (secondary N) is 1. The van der Waals surface area contributed by atoms with Gasteiger partial charge in [0.25, 0.3) is 0 Å². The number of aromatic hydroxyl groups is 1. The van der Waals surface area contributed by atoms with Crippen LogP contribution in [-0.2, 0) is 0 Å². The number of phenolic OH excluding ortho intramolecular Hbond substituents is 1.